The highest BCUT2D eigenvalue weighted by atomic mass is 16.5. The van der Waals surface area contributed by atoms with Crippen molar-refractivity contribution in [3.63, 3.8) is 0 Å². The normalized spacial score (nSPS) is 13.2. The fourth-order valence-electron chi connectivity index (χ4n) is 2.68. The smallest absolute Gasteiger partial charge is 0.228 e. The van der Waals surface area contributed by atoms with Crippen LogP contribution in [0, 0.1) is 5.92 Å². The molecule has 0 spiro atoms. The number of ether oxygens (including phenoxy) is 2. The predicted octanol–water partition coefficient (Wildman–Crippen LogP) is 3.48. The van der Waals surface area contributed by atoms with E-state index in [-0.39, 0.29) is 24.0 Å². The largest absolute Gasteiger partial charge is 0.493 e. The second kappa shape index (κ2) is 7.38. The van der Waals surface area contributed by atoms with Gasteiger partial charge >= 0.3 is 0 Å². The SMILES string of the molecule is COc1ccc(CC(=O)Nc2ccc(C(=O)C3CC3)cc2)cc1OC. The number of carbonyl (C=O) groups excluding carboxylic acids is 2. The van der Waals surface area contributed by atoms with Gasteiger partial charge in [-0.1, -0.05) is 6.07 Å². The minimum absolute atomic E-state index is 0.131. The molecule has 1 fully saturated rings. The fraction of sp³-hybridized carbons (Fsp3) is 0.300. The van der Waals surface area contributed by atoms with Crippen molar-refractivity contribution in [3.8, 4) is 11.5 Å². The molecule has 1 aliphatic rings. The van der Waals surface area contributed by atoms with E-state index in [1.807, 2.05) is 6.07 Å². The summed E-state index contributed by atoms with van der Waals surface area (Å²) in [6, 6.07) is 12.5. The molecule has 5 nitrogen and oxygen atoms in total. The second-order valence-electron chi connectivity index (χ2n) is 6.13. The van der Waals surface area contributed by atoms with Gasteiger partial charge in [-0.25, -0.2) is 0 Å². The van der Waals surface area contributed by atoms with Crippen molar-refractivity contribution in [3.05, 3.63) is 53.6 Å². The van der Waals surface area contributed by atoms with Crippen molar-refractivity contribution < 1.29 is 19.1 Å². The van der Waals surface area contributed by atoms with E-state index < -0.39 is 0 Å². The van der Waals surface area contributed by atoms with E-state index in [0.717, 1.165) is 18.4 Å². The lowest BCUT2D eigenvalue weighted by molar-refractivity contribution is -0.115. The summed E-state index contributed by atoms with van der Waals surface area (Å²) in [5.41, 5.74) is 2.22. The van der Waals surface area contributed by atoms with Crippen LogP contribution in [0.5, 0.6) is 11.5 Å². The van der Waals surface area contributed by atoms with E-state index in [2.05, 4.69) is 5.32 Å². The zero-order valence-corrected chi connectivity index (χ0v) is 14.4. The Morgan fingerprint density at radius 1 is 1.00 bits per heavy atom. The van der Waals surface area contributed by atoms with Crippen molar-refractivity contribution in [1.29, 1.82) is 0 Å². The van der Waals surface area contributed by atoms with Crippen LogP contribution < -0.4 is 14.8 Å². The lowest BCUT2D eigenvalue weighted by Gasteiger charge is -2.10. The Hall–Kier alpha value is -2.82. The van der Waals surface area contributed by atoms with Crippen LogP contribution in [0.1, 0.15) is 28.8 Å². The van der Waals surface area contributed by atoms with Crippen molar-refractivity contribution >= 4 is 17.4 Å². The molecular weight excluding hydrogens is 318 g/mol. The van der Waals surface area contributed by atoms with Crippen LogP contribution >= 0.6 is 0 Å². The number of rotatable bonds is 7. The van der Waals surface area contributed by atoms with Crippen LogP contribution in [0.3, 0.4) is 0 Å². The maximum absolute atomic E-state index is 12.2. The molecule has 1 N–H and O–H groups in total. The molecule has 2 aromatic rings. The molecule has 5 heteroatoms. The number of Topliss-reactive ketones (excluding diaryl/α,β-unsaturated/α-hetero) is 1. The quantitative estimate of drug-likeness (QED) is 0.785. The molecule has 25 heavy (non-hydrogen) atoms. The number of methoxy groups -OCH3 is 2. The van der Waals surface area contributed by atoms with Crippen LogP contribution in [0.15, 0.2) is 42.5 Å². The van der Waals surface area contributed by atoms with Gasteiger partial charge in [0.1, 0.15) is 0 Å². The van der Waals surface area contributed by atoms with Gasteiger partial charge in [-0.15, -0.1) is 0 Å². The first kappa shape index (κ1) is 17.0. The van der Waals surface area contributed by atoms with Gasteiger partial charge in [0.25, 0.3) is 0 Å². The van der Waals surface area contributed by atoms with Crippen molar-refractivity contribution in [2.75, 3.05) is 19.5 Å². The summed E-state index contributed by atoms with van der Waals surface area (Å²) in [6.45, 7) is 0. The summed E-state index contributed by atoms with van der Waals surface area (Å²) in [5, 5.41) is 2.85. The first-order chi connectivity index (χ1) is 12.1. The number of nitrogens with one attached hydrogen (secondary N) is 1. The molecule has 0 atom stereocenters. The Kier molecular flexibility index (Phi) is 5.03. The molecule has 0 heterocycles. The maximum Gasteiger partial charge on any atom is 0.228 e. The fourth-order valence-corrected chi connectivity index (χ4v) is 2.68. The molecule has 130 valence electrons. The van der Waals surface area contributed by atoms with Gasteiger partial charge in [0, 0.05) is 17.2 Å². The number of hydrogen-bond acceptors (Lipinski definition) is 4. The standard InChI is InChI=1S/C20H21NO4/c1-24-17-10-3-13(11-18(17)25-2)12-19(22)21-16-8-6-15(7-9-16)20(23)14-4-5-14/h3,6-11,14H,4-5,12H2,1-2H3,(H,21,22). The Morgan fingerprint density at radius 2 is 1.68 bits per heavy atom. The van der Waals surface area contributed by atoms with Gasteiger partial charge in [-0.05, 0) is 54.8 Å². The average Bonchev–Trinajstić information content (AvgIpc) is 3.46. The number of hydrogen-bond donors (Lipinski definition) is 1. The zero-order chi connectivity index (χ0) is 17.8. The molecule has 1 amide bonds. The number of amides is 1. The van der Waals surface area contributed by atoms with E-state index >= 15 is 0 Å². The van der Waals surface area contributed by atoms with E-state index in [0.29, 0.717) is 22.7 Å². The third-order valence-electron chi connectivity index (χ3n) is 4.21. The number of ketones is 1. The Bertz CT molecular complexity index is 779. The van der Waals surface area contributed by atoms with Crippen molar-refractivity contribution in [1.82, 2.24) is 0 Å². The summed E-state index contributed by atoms with van der Waals surface area (Å²) < 4.78 is 10.4. The van der Waals surface area contributed by atoms with Gasteiger partial charge in [-0.2, -0.15) is 0 Å². The molecule has 1 aliphatic carbocycles. The van der Waals surface area contributed by atoms with Gasteiger partial charge in [-0.3, -0.25) is 9.59 Å². The molecule has 3 rings (SSSR count). The third-order valence-corrected chi connectivity index (χ3v) is 4.21. The number of benzene rings is 2. The highest BCUT2D eigenvalue weighted by Crippen LogP contribution is 2.32. The van der Waals surface area contributed by atoms with Crippen LogP contribution in [0.2, 0.25) is 0 Å². The molecular formula is C20H21NO4. The Labute approximate surface area is 147 Å². The maximum atomic E-state index is 12.2. The third kappa shape index (κ3) is 4.18. The molecule has 1 saturated carbocycles. The predicted molar refractivity (Wildman–Crippen MR) is 95.4 cm³/mol. The van der Waals surface area contributed by atoms with Gasteiger partial charge in [0.05, 0.1) is 20.6 Å². The monoisotopic (exact) mass is 339 g/mol. The van der Waals surface area contributed by atoms with Crippen molar-refractivity contribution in [2.45, 2.75) is 19.3 Å². The number of anilines is 1. The topological polar surface area (TPSA) is 64.6 Å². The average molecular weight is 339 g/mol. The first-order valence-corrected chi connectivity index (χ1v) is 8.25. The Balaban J connectivity index is 1.61. The molecule has 0 bridgehead atoms. The van der Waals surface area contributed by atoms with Gasteiger partial charge < -0.3 is 14.8 Å². The van der Waals surface area contributed by atoms with E-state index in [1.54, 1.807) is 50.6 Å². The zero-order valence-electron chi connectivity index (χ0n) is 14.4. The Morgan fingerprint density at radius 3 is 2.28 bits per heavy atom. The highest BCUT2D eigenvalue weighted by molar-refractivity contribution is 6.00. The number of carbonyl (C=O) groups is 2. The van der Waals surface area contributed by atoms with E-state index in [1.165, 1.54) is 0 Å². The van der Waals surface area contributed by atoms with Crippen LogP contribution in [0.25, 0.3) is 0 Å². The van der Waals surface area contributed by atoms with Crippen LogP contribution in [-0.2, 0) is 11.2 Å². The first-order valence-electron chi connectivity index (χ1n) is 8.25. The lowest BCUT2D eigenvalue weighted by atomic mass is 10.1. The summed E-state index contributed by atoms with van der Waals surface area (Å²) >= 11 is 0. The lowest BCUT2D eigenvalue weighted by Crippen LogP contribution is -2.14. The molecule has 0 aromatic heterocycles. The molecule has 0 unspecified atom stereocenters. The van der Waals surface area contributed by atoms with E-state index in [9.17, 15) is 9.59 Å². The van der Waals surface area contributed by atoms with Crippen LogP contribution in [0.4, 0.5) is 5.69 Å². The van der Waals surface area contributed by atoms with Crippen molar-refractivity contribution in [2.24, 2.45) is 5.92 Å². The molecule has 0 saturated heterocycles. The summed E-state index contributed by atoms with van der Waals surface area (Å²) in [6.07, 6.45) is 2.20. The van der Waals surface area contributed by atoms with Crippen LogP contribution in [-0.4, -0.2) is 25.9 Å². The molecule has 0 aliphatic heterocycles. The second-order valence-corrected chi connectivity index (χ2v) is 6.13. The molecule has 2 aromatic carbocycles. The highest BCUT2D eigenvalue weighted by Gasteiger charge is 2.30. The summed E-state index contributed by atoms with van der Waals surface area (Å²) in [7, 11) is 3.13. The minimum atomic E-state index is -0.131. The van der Waals surface area contributed by atoms with Gasteiger partial charge in [0.2, 0.25) is 5.91 Å². The minimum Gasteiger partial charge on any atom is -0.493 e. The summed E-state index contributed by atoms with van der Waals surface area (Å²) in [4.78, 5) is 24.2. The van der Waals surface area contributed by atoms with E-state index in [4.69, 9.17) is 9.47 Å². The summed E-state index contributed by atoms with van der Waals surface area (Å²) in [5.74, 6) is 1.49. The molecule has 0 radical (unpaired) electrons. The van der Waals surface area contributed by atoms with Gasteiger partial charge in [0.15, 0.2) is 17.3 Å².